The molecule has 0 atom stereocenters. The molecule has 0 aliphatic carbocycles. The zero-order chi connectivity index (χ0) is 15.4. The second-order valence-corrected chi connectivity index (χ2v) is 6.51. The van der Waals surface area contributed by atoms with Gasteiger partial charge in [0.25, 0.3) is 0 Å². The van der Waals surface area contributed by atoms with Crippen molar-refractivity contribution in [3.05, 3.63) is 64.2 Å². The largest absolute Gasteiger partial charge is 0.378 e. The van der Waals surface area contributed by atoms with Gasteiger partial charge in [-0.3, -0.25) is 0 Å². The van der Waals surface area contributed by atoms with E-state index in [0.29, 0.717) is 5.17 Å². The van der Waals surface area contributed by atoms with Crippen LogP contribution in [0.3, 0.4) is 0 Å². The summed E-state index contributed by atoms with van der Waals surface area (Å²) in [6, 6.07) is 12.8. The number of nitrogens with zero attached hydrogens (tertiary/aromatic N) is 1. The first kappa shape index (κ1) is 15.6. The molecule has 0 aliphatic heterocycles. The molecular formula is C18H22N2S. The number of thioether (sulfide) groups is 1. The Balaban J connectivity index is 2.08. The summed E-state index contributed by atoms with van der Waals surface area (Å²) in [6.07, 6.45) is 0. The number of amidine groups is 1. The summed E-state index contributed by atoms with van der Waals surface area (Å²) in [7, 11) is 0. The molecule has 0 unspecified atom stereocenters. The van der Waals surface area contributed by atoms with Gasteiger partial charge in [-0.05, 0) is 62.1 Å². The maximum absolute atomic E-state index is 6.05. The van der Waals surface area contributed by atoms with E-state index in [9.17, 15) is 0 Å². The first-order valence-corrected chi connectivity index (χ1v) is 8.04. The van der Waals surface area contributed by atoms with E-state index in [-0.39, 0.29) is 0 Å². The molecule has 3 heteroatoms. The fourth-order valence-electron chi connectivity index (χ4n) is 2.28. The van der Waals surface area contributed by atoms with Gasteiger partial charge in [-0.1, -0.05) is 41.6 Å². The maximum Gasteiger partial charge on any atom is 0.159 e. The van der Waals surface area contributed by atoms with Crippen LogP contribution < -0.4 is 5.73 Å². The summed E-state index contributed by atoms with van der Waals surface area (Å²) >= 11 is 1.59. The van der Waals surface area contributed by atoms with E-state index in [1.165, 1.54) is 27.8 Å². The lowest BCUT2D eigenvalue weighted by molar-refractivity contribution is 1.28. The molecular weight excluding hydrogens is 276 g/mol. The molecule has 0 amide bonds. The molecule has 2 N–H and O–H groups in total. The average molecular weight is 298 g/mol. The molecule has 0 fully saturated rings. The standard InChI is InChI=1S/C18H22N2S/c1-12-5-6-15(4)16(8-12)11-21-18(19)20-17-9-13(2)7-14(3)10-17/h5-10H,11H2,1-4H3,(H2,19,20). The number of aliphatic imine (C=N–C) groups is 1. The average Bonchev–Trinajstić information content (AvgIpc) is 2.38. The summed E-state index contributed by atoms with van der Waals surface area (Å²) in [5, 5.41) is 0.612. The highest BCUT2D eigenvalue weighted by Gasteiger charge is 2.02. The zero-order valence-corrected chi connectivity index (χ0v) is 13.9. The van der Waals surface area contributed by atoms with Crippen LogP contribution in [-0.4, -0.2) is 5.17 Å². The van der Waals surface area contributed by atoms with Crippen molar-refractivity contribution in [2.24, 2.45) is 10.7 Å². The van der Waals surface area contributed by atoms with Crippen LogP contribution >= 0.6 is 11.8 Å². The van der Waals surface area contributed by atoms with E-state index in [0.717, 1.165) is 11.4 Å². The van der Waals surface area contributed by atoms with Crippen LogP contribution in [0.15, 0.2) is 41.4 Å². The smallest absolute Gasteiger partial charge is 0.159 e. The Morgan fingerprint density at radius 3 is 2.29 bits per heavy atom. The molecule has 2 aromatic carbocycles. The molecule has 0 spiro atoms. The summed E-state index contributed by atoms with van der Waals surface area (Å²) in [5.41, 5.74) is 13.3. The third-order valence-corrected chi connectivity index (χ3v) is 4.17. The van der Waals surface area contributed by atoms with E-state index in [1.807, 2.05) is 0 Å². The lowest BCUT2D eigenvalue weighted by Crippen LogP contribution is -2.06. The van der Waals surface area contributed by atoms with Gasteiger partial charge in [0.2, 0.25) is 0 Å². The molecule has 2 rings (SSSR count). The maximum atomic E-state index is 6.05. The molecule has 0 saturated carbocycles. The predicted molar refractivity (Wildman–Crippen MR) is 94.4 cm³/mol. The predicted octanol–water partition coefficient (Wildman–Crippen LogP) is 4.80. The summed E-state index contributed by atoms with van der Waals surface area (Å²) in [4.78, 5) is 4.51. The zero-order valence-electron chi connectivity index (χ0n) is 13.1. The Morgan fingerprint density at radius 1 is 0.952 bits per heavy atom. The van der Waals surface area contributed by atoms with Crippen molar-refractivity contribution in [1.82, 2.24) is 0 Å². The second-order valence-electron chi connectivity index (χ2n) is 5.51. The van der Waals surface area contributed by atoms with Crippen LogP contribution in [0.1, 0.15) is 27.8 Å². The third kappa shape index (κ3) is 4.64. The van der Waals surface area contributed by atoms with E-state index < -0.39 is 0 Å². The minimum absolute atomic E-state index is 0.612. The van der Waals surface area contributed by atoms with Gasteiger partial charge in [0, 0.05) is 5.75 Å². The van der Waals surface area contributed by atoms with Crippen LogP contribution in [-0.2, 0) is 5.75 Å². The van der Waals surface area contributed by atoms with Gasteiger partial charge in [0.15, 0.2) is 5.17 Å². The van der Waals surface area contributed by atoms with Gasteiger partial charge in [-0.2, -0.15) is 0 Å². The van der Waals surface area contributed by atoms with Gasteiger partial charge in [-0.25, -0.2) is 4.99 Å². The van der Waals surface area contributed by atoms with Crippen LogP contribution in [0.5, 0.6) is 0 Å². The van der Waals surface area contributed by atoms with Crippen LogP contribution in [0.25, 0.3) is 0 Å². The van der Waals surface area contributed by atoms with Crippen LogP contribution in [0.4, 0.5) is 5.69 Å². The summed E-state index contributed by atoms with van der Waals surface area (Å²) < 4.78 is 0. The second kappa shape index (κ2) is 6.81. The minimum Gasteiger partial charge on any atom is -0.378 e. The highest BCUT2D eigenvalue weighted by Crippen LogP contribution is 2.21. The number of hydrogen-bond donors (Lipinski definition) is 1. The first-order valence-electron chi connectivity index (χ1n) is 7.05. The quantitative estimate of drug-likeness (QED) is 0.653. The molecule has 21 heavy (non-hydrogen) atoms. The molecule has 0 radical (unpaired) electrons. The number of nitrogens with two attached hydrogens (primary N) is 1. The van der Waals surface area contributed by atoms with Crippen molar-refractivity contribution in [2.75, 3.05) is 0 Å². The highest BCUT2D eigenvalue weighted by molar-refractivity contribution is 8.13. The van der Waals surface area contributed by atoms with E-state index in [2.05, 4.69) is 69.1 Å². The lowest BCUT2D eigenvalue weighted by Gasteiger charge is -2.07. The molecule has 0 aliphatic rings. The molecule has 0 saturated heterocycles. The molecule has 2 aromatic rings. The van der Waals surface area contributed by atoms with E-state index >= 15 is 0 Å². The Labute approximate surface area is 131 Å². The Morgan fingerprint density at radius 2 is 1.62 bits per heavy atom. The van der Waals surface area contributed by atoms with Gasteiger partial charge in [0.05, 0.1) is 5.69 Å². The van der Waals surface area contributed by atoms with E-state index in [1.54, 1.807) is 11.8 Å². The molecule has 0 heterocycles. The summed E-state index contributed by atoms with van der Waals surface area (Å²) in [5.74, 6) is 0.855. The van der Waals surface area contributed by atoms with Crippen molar-refractivity contribution in [1.29, 1.82) is 0 Å². The van der Waals surface area contributed by atoms with Crippen molar-refractivity contribution in [3.8, 4) is 0 Å². The van der Waals surface area contributed by atoms with Crippen molar-refractivity contribution in [3.63, 3.8) is 0 Å². The topological polar surface area (TPSA) is 38.4 Å². The van der Waals surface area contributed by atoms with Gasteiger partial charge in [-0.15, -0.1) is 0 Å². The number of rotatable bonds is 3. The van der Waals surface area contributed by atoms with Crippen molar-refractivity contribution < 1.29 is 0 Å². The normalized spacial score (nSPS) is 11.7. The molecule has 2 nitrogen and oxygen atoms in total. The molecule has 110 valence electrons. The van der Waals surface area contributed by atoms with Crippen LogP contribution in [0.2, 0.25) is 0 Å². The minimum atomic E-state index is 0.612. The Hall–Kier alpha value is -1.74. The monoisotopic (exact) mass is 298 g/mol. The van der Waals surface area contributed by atoms with Gasteiger partial charge >= 0.3 is 0 Å². The van der Waals surface area contributed by atoms with Crippen molar-refractivity contribution in [2.45, 2.75) is 33.4 Å². The van der Waals surface area contributed by atoms with E-state index in [4.69, 9.17) is 5.73 Å². The van der Waals surface area contributed by atoms with Gasteiger partial charge in [0.1, 0.15) is 0 Å². The van der Waals surface area contributed by atoms with Crippen LogP contribution in [0, 0.1) is 27.7 Å². The molecule has 0 aromatic heterocycles. The lowest BCUT2D eigenvalue weighted by atomic mass is 10.1. The number of aryl methyl sites for hydroxylation is 4. The fraction of sp³-hybridized carbons (Fsp3) is 0.278. The Bertz CT molecular complexity index is 655. The number of benzene rings is 2. The highest BCUT2D eigenvalue weighted by atomic mass is 32.2. The van der Waals surface area contributed by atoms with Crippen molar-refractivity contribution >= 4 is 22.6 Å². The summed E-state index contributed by atoms with van der Waals surface area (Å²) in [6.45, 7) is 8.39. The Kier molecular flexibility index (Phi) is 5.07. The molecule has 0 bridgehead atoms. The fourth-order valence-corrected chi connectivity index (χ4v) is 3.07. The SMILES string of the molecule is Cc1cc(C)cc(N=C(N)SCc2cc(C)ccc2C)c1. The third-order valence-electron chi connectivity index (χ3n) is 3.33. The van der Waals surface area contributed by atoms with Gasteiger partial charge < -0.3 is 5.73 Å². The number of hydrogen-bond acceptors (Lipinski definition) is 2. The first-order chi connectivity index (χ1) is 9.94.